The quantitative estimate of drug-likeness (QED) is 0.667. The van der Waals surface area contributed by atoms with Crippen molar-refractivity contribution in [2.24, 2.45) is 0 Å². The van der Waals surface area contributed by atoms with Gasteiger partial charge in [0.05, 0.1) is 23.4 Å². The number of hydrogen-bond donors (Lipinski definition) is 3. The van der Waals surface area contributed by atoms with Crippen LogP contribution in [0.3, 0.4) is 0 Å². The molecule has 0 spiro atoms. The van der Waals surface area contributed by atoms with Crippen molar-refractivity contribution in [1.29, 1.82) is 0 Å². The lowest BCUT2D eigenvalue weighted by Gasteiger charge is -2.13. The van der Waals surface area contributed by atoms with Gasteiger partial charge in [-0.15, -0.1) is 0 Å². The number of carbonyl (C=O) groups excluding carboxylic acids is 2. The molecule has 8 nitrogen and oxygen atoms in total. The highest BCUT2D eigenvalue weighted by molar-refractivity contribution is 6.20. The van der Waals surface area contributed by atoms with Crippen LogP contribution in [0.15, 0.2) is 18.2 Å². The number of aromatic carboxylic acids is 2. The molecule has 0 saturated carbocycles. The monoisotopic (exact) mass is 264 g/mol. The van der Waals surface area contributed by atoms with Crippen LogP contribution in [0.1, 0.15) is 20.7 Å². The molecule has 1 fully saturated rings. The highest BCUT2D eigenvalue weighted by Gasteiger charge is 2.31. The molecule has 0 radical (unpaired) electrons. The molecule has 1 heterocycles. The summed E-state index contributed by atoms with van der Waals surface area (Å²) in [5.74, 6) is -3.28. The SMILES string of the molecule is O=C(O)c1cc(C(=O)O)cc(N2C(=O)CNC2=O)c1. The van der Waals surface area contributed by atoms with Gasteiger partial charge in [0, 0.05) is 0 Å². The maximum Gasteiger partial charge on any atom is 0.335 e. The maximum absolute atomic E-state index is 11.5. The van der Waals surface area contributed by atoms with Gasteiger partial charge >= 0.3 is 18.0 Å². The third-order valence-corrected chi connectivity index (χ3v) is 2.51. The van der Waals surface area contributed by atoms with E-state index in [0.717, 1.165) is 18.2 Å². The summed E-state index contributed by atoms with van der Waals surface area (Å²) in [5, 5.41) is 20.0. The molecule has 1 aromatic rings. The highest BCUT2D eigenvalue weighted by atomic mass is 16.4. The minimum Gasteiger partial charge on any atom is -0.478 e. The number of imide groups is 1. The van der Waals surface area contributed by atoms with Crippen molar-refractivity contribution in [3.05, 3.63) is 29.3 Å². The number of rotatable bonds is 3. The van der Waals surface area contributed by atoms with Gasteiger partial charge in [0.2, 0.25) is 0 Å². The van der Waals surface area contributed by atoms with Crippen molar-refractivity contribution in [3.8, 4) is 0 Å². The third-order valence-electron chi connectivity index (χ3n) is 2.51. The molecule has 3 amide bonds. The van der Waals surface area contributed by atoms with Gasteiger partial charge in [-0.05, 0) is 18.2 Å². The molecule has 1 saturated heterocycles. The van der Waals surface area contributed by atoms with E-state index in [1.54, 1.807) is 0 Å². The van der Waals surface area contributed by atoms with E-state index in [0.29, 0.717) is 4.90 Å². The van der Waals surface area contributed by atoms with Crippen molar-refractivity contribution >= 4 is 29.6 Å². The van der Waals surface area contributed by atoms with Gasteiger partial charge in [0.15, 0.2) is 0 Å². The standard InChI is InChI=1S/C11H8N2O6/c14-8-4-12-11(19)13(8)7-2-5(9(15)16)1-6(3-7)10(17)18/h1-3H,4H2,(H,12,19)(H,15,16)(H,17,18). The zero-order chi connectivity index (χ0) is 14.2. The smallest absolute Gasteiger partial charge is 0.335 e. The molecule has 2 rings (SSSR count). The van der Waals surface area contributed by atoms with Gasteiger partial charge in [-0.1, -0.05) is 0 Å². The van der Waals surface area contributed by atoms with E-state index in [2.05, 4.69) is 5.32 Å². The number of nitrogens with one attached hydrogen (secondary N) is 1. The predicted octanol–water partition coefficient (Wildman–Crippen LogP) is 0.139. The lowest BCUT2D eigenvalue weighted by molar-refractivity contribution is -0.115. The summed E-state index contributed by atoms with van der Waals surface area (Å²) >= 11 is 0. The van der Waals surface area contributed by atoms with Crippen molar-refractivity contribution < 1.29 is 29.4 Å². The zero-order valence-corrected chi connectivity index (χ0v) is 9.41. The van der Waals surface area contributed by atoms with Crippen molar-refractivity contribution in [3.63, 3.8) is 0 Å². The molecule has 3 N–H and O–H groups in total. The Hall–Kier alpha value is -2.90. The van der Waals surface area contributed by atoms with Crippen LogP contribution in [0, 0.1) is 0 Å². The van der Waals surface area contributed by atoms with Crippen LogP contribution in [0.4, 0.5) is 10.5 Å². The number of carboxylic acids is 2. The second kappa shape index (κ2) is 4.41. The molecule has 1 aromatic carbocycles. The average molecular weight is 264 g/mol. The summed E-state index contributed by atoms with van der Waals surface area (Å²) in [6.07, 6.45) is 0. The molecule has 0 bridgehead atoms. The fourth-order valence-corrected chi connectivity index (χ4v) is 1.67. The topological polar surface area (TPSA) is 124 Å². The Bertz CT molecular complexity index is 561. The second-order valence-electron chi connectivity index (χ2n) is 3.77. The van der Waals surface area contributed by atoms with Gasteiger partial charge in [-0.2, -0.15) is 0 Å². The maximum atomic E-state index is 11.5. The lowest BCUT2D eigenvalue weighted by Crippen LogP contribution is -2.31. The number of benzene rings is 1. The number of carbonyl (C=O) groups is 4. The van der Waals surface area contributed by atoms with E-state index in [-0.39, 0.29) is 23.4 Å². The van der Waals surface area contributed by atoms with Crippen LogP contribution in [-0.2, 0) is 4.79 Å². The first-order chi connectivity index (χ1) is 8.90. The summed E-state index contributed by atoms with van der Waals surface area (Å²) in [6, 6.07) is 2.37. The summed E-state index contributed by atoms with van der Waals surface area (Å²) in [6.45, 7) is -0.210. The third kappa shape index (κ3) is 2.23. The average Bonchev–Trinajstić information content (AvgIpc) is 2.68. The van der Waals surface area contributed by atoms with Crippen LogP contribution >= 0.6 is 0 Å². The van der Waals surface area contributed by atoms with Gasteiger partial charge < -0.3 is 15.5 Å². The number of anilines is 1. The normalized spacial score (nSPS) is 14.4. The Balaban J connectivity index is 2.56. The molecule has 0 aliphatic carbocycles. The first kappa shape index (κ1) is 12.6. The van der Waals surface area contributed by atoms with Crippen molar-refractivity contribution in [2.75, 3.05) is 11.4 Å². The van der Waals surface area contributed by atoms with Gasteiger partial charge in [0.1, 0.15) is 0 Å². The van der Waals surface area contributed by atoms with Crippen molar-refractivity contribution in [2.45, 2.75) is 0 Å². The summed E-state index contributed by atoms with van der Waals surface area (Å²) in [5.41, 5.74) is -0.720. The van der Waals surface area contributed by atoms with E-state index in [1.165, 1.54) is 0 Å². The van der Waals surface area contributed by atoms with Crippen LogP contribution in [-0.4, -0.2) is 40.6 Å². The largest absolute Gasteiger partial charge is 0.478 e. The van der Waals surface area contributed by atoms with E-state index < -0.39 is 23.9 Å². The highest BCUT2D eigenvalue weighted by Crippen LogP contribution is 2.22. The van der Waals surface area contributed by atoms with Crippen LogP contribution in [0.2, 0.25) is 0 Å². The summed E-state index contributed by atoms with van der Waals surface area (Å²) in [4.78, 5) is 45.5. The molecule has 1 aliphatic heterocycles. The zero-order valence-electron chi connectivity index (χ0n) is 9.41. The van der Waals surface area contributed by atoms with Crippen molar-refractivity contribution in [1.82, 2.24) is 5.32 Å². The van der Waals surface area contributed by atoms with Crippen LogP contribution in [0.5, 0.6) is 0 Å². The minimum absolute atomic E-state index is 0.0858. The Labute approximate surface area is 106 Å². The Morgan fingerprint density at radius 2 is 1.58 bits per heavy atom. The van der Waals surface area contributed by atoms with Crippen LogP contribution in [0.25, 0.3) is 0 Å². The Morgan fingerprint density at radius 3 is 1.95 bits per heavy atom. The van der Waals surface area contributed by atoms with E-state index >= 15 is 0 Å². The van der Waals surface area contributed by atoms with Gasteiger partial charge in [-0.3, -0.25) is 4.79 Å². The molecule has 0 aromatic heterocycles. The first-order valence-electron chi connectivity index (χ1n) is 5.12. The number of carboxylic acid groups (broad SMARTS) is 2. The lowest BCUT2D eigenvalue weighted by atomic mass is 10.1. The second-order valence-corrected chi connectivity index (χ2v) is 3.77. The van der Waals surface area contributed by atoms with Gasteiger partial charge in [0.25, 0.3) is 5.91 Å². The van der Waals surface area contributed by atoms with Crippen LogP contribution < -0.4 is 10.2 Å². The number of urea groups is 1. The molecule has 19 heavy (non-hydrogen) atoms. The first-order valence-corrected chi connectivity index (χ1v) is 5.12. The molecule has 8 heteroatoms. The molecular weight excluding hydrogens is 256 g/mol. The summed E-state index contributed by atoms with van der Waals surface area (Å²) in [7, 11) is 0. The summed E-state index contributed by atoms with van der Waals surface area (Å²) < 4.78 is 0. The van der Waals surface area contributed by atoms with E-state index in [9.17, 15) is 19.2 Å². The molecule has 0 unspecified atom stereocenters. The fraction of sp³-hybridized carbons (Fsp3) is 0.0909. The van der Waals surface area contributed by atoms with E-state index in [1.807, 2.05) is 0 Å². The van der Waals surface area contributed by atoms with E-state index in [4.69, 9.17) is 10.2 Å². The number of amides is 3. The molecule has 0 atom stereocenters. The molecule has 98 valence electrons. The fourth-order valence-electron chi connectivity index (χ4n) is 1.67. The number of nitrogens with zero attached hydrogens (tertiary/aromatic N) is 1. The minimum atomic E-state index is -1.35. The van der Waals surface area contributed by atoms with Gasteiger partial charge in [-0.25, -0.2) is 19.3 Å². The Morgan fingerprint density at radius 1 is 1.05 bits per heavy atom. The molecule has 1 aliphatic rings. The predicted molar refractivity (Wildman–Crippen MR) is 61.2 cm³/mol. The number of hydrogen-bond acceptors (Lipinski definition) is 4. The Kier molecular flexibility index (Phi) is 2.91. The molecular formula is C11H8N2O6.